The zero-order valence-corrected chi connectivity index (χ0v) is 14.5. The van der Waals surface area contributed by atoms with E-state index in [1.807, 2.05) is 0 Å². The van der Waals surface area contributed by atoms with Crippen molar-refractivity contribution in [3.8, 4) is 0 Å². The lowest BCUT2D eigenvalue weighted by molar-refractivity contribution is 0.103. The molecule has 23 heavy (non-hydrogen) atoms. The Morgan fingerprint density at radius 1 is 1.09 bits per heavy atom. The first-order valence-electron chi connectivity index (χ1n) is 7.21. The van der Waals surface area contributed by atoms with Gasteiger partial charge in [0.1, 0.15) is 5.56 Å². The fraction of sp³-hybridized carbons (Fsp3) is 0.312. The van der Waals surface area contributed by atoms with Gasteiger partial charge in [0, 0.05) is 43.8 Å². The number of benzene rings is 1. The lowest BCUT2D eigenvalue weighted by atomic mass is 10.0. The molecule has 0 amide bonds. The van der Waals surface area contributed by atoms with Crippen LogP contribution in [-0.2, 0) is 20.6 Å². The Kier molecular flexibility index (Phi) is 4.08. The van der Waals surface area contributed by atoms with Crippen molar-refractivity contribution in [2.75, 3.05) is 13.1 Å². The molecular formula is C16H16BrN3O3. The van der Waals surface area contributed by atoms with Crippen LogP contribution in [0.2, 0.25) is 0 Å². The Morgan fingerprint density at radius 2 is 1.70 bits per heavy atom. The van der Waals surface area contributed by atoms with Gasteiger partial charge in [-0.3, -0.25) is 23.6 Å². The number of hydrogen-bond acceptors (Lipinski definition) is 4. The van der Waals surface area contributed by atoms with Crippen LogP contribution in [0.1, 0.15) is 21.6 Å². The molecule has 3 rings (SSSR count). The van der Waals surface area contributed by atoms with Gasteiger partial charge in [0.15, 0.2) is 5.78 Å². The van der Waals surface area contributed by atoms with Gasteiger partial charge in [-0.15, -0.1) is 0 Å². The van der Waals surface area contributed by atoms with Gasteiger partial charge in [-0.2, -0.15) is 0 Å². The monoisotopic (exact) mass is 377 g/mol. The quantitative estimate of drug-likeness (QED) is 0.586. The second-order valence-corrected chi connectivity index (χ2v) is 6.56. The maximum atomic E-state index is 12.9. The molecule has 2 aromatic rings. The van der Waals surface area contributed by atoms with Gasteiger partial charge in [-0.25, -0.2) is 4.79 Å². The summed E-state index contributed by atoms with van der Waals surface area (Å²) in [7, 11) is 2.99. The minimum absolute atomic E-state index is 0.0730. The van der Waals surface area contributed by atoms with Gasteiger partial charge in [0.05, 0.1) is 5.69 Å². The molecule has 6 nitrogen and oxygen atoms in total. The normalized spacial score (nSPS) is 14.0. The lowest BCUT2D eigenvalue weighted by Gasteiger charge is -2.15. The molecular weight excluding hydrogens is 362 g/mol. The van der Waals surface area contributed by atoms with Crippen LogP contribution in [0.15, 0.2) is 38.3 Å². The summed E-state index contributed by atoms with van der Waals surface area (Å²) < 4.78 is 3.23. The second kappa shape index (κ2) is 5.90. The molecule has 0 aliphatic carbocycles. The van der Waals surface area contributed by atoms with E-state index in [1.165, 1.54) is 11.6 Å². The standard InChI is InChI=1S/C16H16BrN3O3/c1-18-12(9-20-7-8-20)13(15(22)19(2)16(18)23)14(21)10-3-5-11(17)6-4-10/h3-6H,7-9H2,1-2H3. The number of halogens is 1. The number of hydrogen-bond donors (Lipinski definition) is 0. The van der Waals surface area contributed by atoms with E-state index in [4.69, 9.17) is 0 Å². The van der Waals surface area contributed by atoms with Crippen molar-refractivity contribution in [3.63, 3.8) is 0 Å². The van der Waals surface area contributed by atoms with Gasteiger partial charge in [0.2, 0.25) is 0 Å². The summed E-state index contributed by atoms with van der Waals surface area (Å²) in [5.41, 5.74) is 0.0143. The van der Waals surface area contributed by atoms with Crippen molar-refractivity contribution >= 4 is 21.7 Å². The molecule has 0 saturated carbocycles. The van der Waals surface area contributed by atoms with Gasteiger partial charge >= 0.3 is 5.69 Å². The molecule has 0 radical (unpaired) electrons. The van der Waals surface area contributed by atoms with Crippen LogP contribution in [0, 0.1) is 0 Å². The Labute approximate surface area is 141 Å². The van der Waals surface area contributed by atoms with Crippen LogP contribution in [0.5, 0.6) is 0 Å². The first-order chi connectivity index (χ1) is 10.9. The number of carbonyl (C=O) groups excluding carboxylic acids is 1. The van der Waals surface area contributed by atoms with Crippen molar-refractivity contribution in [2.24, 2.45) is 14.1 Å². The Morgan fingerprint density at radius 3 is 2.26 bits per heavy atom. The highest BCUT2D eigenvalue weighted by molar-refractivity contribution is 9.10. The van der Waals surface area contributed by atoms with E-state index in [0.717, 1.165) is 22.1 Å². The van der Waals surface area contributed by atoms with Crippen LogP contribution in [0.3, 0.4) is 0 Å². The van der Waals surface area contributed by atoms with Crippen molar-refractivity contribution in [2.45, 2.75) is 6.54 Å². The summed E-state index contributed by atoms with van der Waals surface area (Å²) in [6.07, 6.45) is 0. The largest absolute Gasteiger partial charge is 0.330 e. The molecule has 0 bridgehead atoms. The molecule has 2 heterocycles. The molecule has 1 aromatic heterocycles. The predicted octanol–water partition coefficient (Wildman–Crippen LogP) is 0.893. The summed E-state index contributed by atoms with van der Waals surface area (Å²) in [5, 5.41) is 0. The number of nitrogens with zero attached hydrogens (tertiary/aromatic N) is 3. The van der Waals surface area contributed by atoms with E-state index >= 15 is 0 Å². The Balaban J connectivity index is 2.20. The topological polar surface area (TPSA) is 64.1 Å². The summed E-state index contributed by atoms with van der Waals surface area (Å²) in [4.78, 5) is 39.6. The molecule has 1 aliphatic heterocycles. The summed E-state index contributed by atoms with van der Waals surface area (Å²) in [5.74, 6) is -0.356. The van der Waals surface area contributed by atoms with E-state index in [9.17, 15) is 14.4 Å². The number of aromatic nitrogens is 2. The third kappa shape index (κ3) is 2.94. The minimum Gasteiger partial charge on any atom is -0.299 e. The minimum atomic E-state index is -0.544. The second-order valence-electron chi connectivity index (χ2n) is 5.64. The van der Waals surface area contributed by atoms with Gasteiger partial charge in [0.25, 0.3) is 5.56 Å². The van der Waals surface area contributed by atoms with Gasteiger partial charge in [-0.1, -0.05) is 15.9 Å². The maximum absolute atomic E-state index is 12.9. The number of ketones is 1. The first-order valence-corrected chi connectivity index (χ1v) is 8.01. The summed E-state index contributed by atoms with van der Waals surface area (Å²) in [6, 6.07) is 6.84. The first kappa shape index (κ1) is 15.9. The fourth-order valence-electron chi connectivity index (χ4n) is 2.49. The van der Waals surface area contributed by atoms with E-state index in [1.54, 1.807) is 31.3 Å². The van der Waals surface area contributed by atoms with Gasteiger partial charge in [-0.05, 0) is 24.3 Å². The van der Waals surface area contributed by atoms with Crippen LogP contribution >= 0.6 is 15.9 Å². The van der Waals surface area contributed by atoms with Crippen molar-refractivity contribution < 1.29 is 4.79 Å². The van der Waals surface area contributed by atoms with E-state index in [0.29, 0.717) is 17.8 Å². The average Bonchev–Trinajstić information content (AvgIpc) is 3.35. The smallest absolute Gasteiger partial charge is 0.299 e. The highest BCUT2D eigenvalue weighted by Crippen LogP contribution is 2.17. The zero-order valence-electron chi connectivity index (χ0n) is 12.9. The maximum Gasteiger partial charge on any atom is 0.330 e. The third-order valence-corrected chi connectivity index (χ3v) is 4.56. The molecule has 1 aliphatic rings. The third-order valence-electron chi connectivity index (χ3n) is 4.03. The van der Waals surface area contributed by atoms with E-state index < -0.39 is 11.2 Å². The highest BCUT2D eigenvalue weighted by atomic mass is 79.9. The number of rotatable bonds is 4. The van der Waals surface area contributed by atoms with Crippen LogP contribution in [-0.4, -0.2) is 32.9 Å². The Bertz CT molecular complexity index is 893. The van der Waals surface area contributed by atoms with Crippen molar-refractivity contribution in [1.82, 2.24) is 14.0 Å². The fourth-order valence-corrected chi connectivity index (χ4v) is 2.75. The molecule has 0 unspecified atom stereocenters. The summed E-state index contributed by atoms with van der Waals surface area (Å²) in [6.45, 7) is 2.25. The predicted molar refractivity (Wildman–Crippen MR) is 89.8 cm³/mol. The molecule has 0 N–H and O–H groups in total. The molecule has 0 atom stereocenters. The Hall–Kier alpha value is -1.99. The highest BCUT2D eigenvalue weighted by Gasteiger charge is 2.27. The molecule has 7 heteroatoms. The van der Waals surface area contributed by atoms with Gasteiger partial charge < -0.3 is 0 Å². The van der Waals surface area contributed by atoms with E-state index in [2.05, 4.69) is 20.8 Å². The van der Waals surface area contributed by atoms with Crippen LogP contribution in [0.25, 0.3) is 0 Å². The summed E-state index contributed by atoms with van der Waals surface area (Å²) >= 11 is 3.32. The molecule has 1 aromatic carbocycles. The molecule has 0 spiro atoms. The van der Waals surface area contributed by atoms with Crippen LogP contribution in [0.4, 0.5) is 0 Å². The SMILES string of the molecule is Cn1c(CN2CC2)c(C(=O)c2ccc(Br)cc2)c(=O)n(C)c1=O. The van der Waals surface area contributed by atoms with Crippen molar-refractivity contribution in [3.05, 3.63) is 66.4 Å². The molecule has 1 fully saturated rings. The van der Waals surface area contributed by atoms with E-state index in [-0.39, 0.29) is 11.3 Å². The van der Waals surface area contributed by atoms with Crippen LogP contribution < -0.4 is 11.2 Å². The molecule has 120 valence electrons. The number of carbonyl (C=O) groups is 1. The van der Waals surface area contributed by atoms with Crippen molar-refractivity contribution in [1.29, 1.82) is 0 Å². The zero-order chi connectivity index (χ0) is 16.7. The molecule has 1 saturated heterocycles. The lowest BCUT2D eigenvalue weighted by Crippen LogP contribution is -2.43. The average molecular weight is 378 g/mol.